The van der Waals surface area contributed by atoms with Crippen molar-refractivity contribution in [1.29, 1.82) is 0 Å². The number of hydrogen-bond donors (Lipinski definition) is 2. The fraction of sp³-hybridized carbons (Fsp3) is 0.933. The second kappa shape index (κ2) is 10.4. The first-order valence-corrected chi connectivity index (χ1v) is 7.59. The summed E-state index contributed by atoms with van der Waals surface area (Å²) in [5.41, 5.74) is 5.54. The number of hydrogen-bond acceptors (Lipinski definition) is 3. The molecule has 20 heavy (non-hydrogen) atoms. The first-order chi connectivity index (χ1) is 9.06. The third-order valence-corrected chi connectivity index (χ3v) is 4.13. The molecule has 3 N–H and O–H groups in total. The average Bonchev–Trinajstić information content (AvgIpc) is 2.80. The van der Waals surface area contributed by atoms with E-state index < -0.39 is 0 Å². The Labute approximate surface area is 129 Å². The highest BCUT2D eigenvalue weighted by Gasteiger charge is 2.28. The molecule has 4 nitrogen and oxygen atoms in total. The normalized spacial score (nSPS) is 23.4. The summed E-state index contributed by atoms with van der Waals surface area (Å²) in [5, 5.41) is 3.18. The number of carbonyl (C=O) groups excluding carboxylic acids is 1. The molecule has 0 radical (unpaired) electrons. The molecule has 0 heterocycles. The standard InChI is InChI=1S/C15H30N2O2.ClH/c1-11(2)7-8-12-5-4-6-14(12)17-15(18)9-13(10-16)19-3;/h11-14H,4-10,16H2,1-3H3,(H,17,18);1H. The fourth-order valence-corrected chi connectivity index (χ4v) is 2.86. The van der Waals surface area contributed by atoms with E-state index in [1.54, 1.807) is 7.11 Å². The summed E-state index contributed by atoms with van der Waals surface area (Å²) in [7, 11) is 1.60. The van der Waals surface area contributed by atoms with E-state index in [0.29, 0.717) is 24.9 Å². The van der Waals surface area contributed by atoms with E-state index in [4.69, 9.17) is 10.5 Å². The van der Waals surface area contributed by atoms with Crippen molar-refractivity contribution in [2.75, 3.05) is 13.7 Å². The average molecular weight is 307 g/mol. The molecule has 3 atom stereocenters. The smallest absolute Gasteiger partial charge is 0.222 e. The number of rotatable bonds is 8. The minimum atomic E-state index is -0.157. The van der Waals surface area contributed by atoms with Crippen molar-refractivity contribution in [2.45, 2.75) is 64.5 Å². The van der Waals surface area contributed by atoms with E-state index in [2.05, 4.69) is 19.2 Å². The molecule has 1 aliphatic carbocycles. The highest BCUT2D eigenvalue weighted by molar-refractivity contribution is 5.85. The van der Waals surface area contributed by atoms with Gasteiger partial charge in [0.1, 0.15) is 0 Å². The first kappa shape index (κ1) is 19.7. The Balaban J connectivity index is 0.00000361. The predicted molar refractivity (Wildman–Crippen MR) is 85.1 cm³/mol. The van der Waals surface area contributed by atoms with Gasteiger partial charge in [-0.25, -0.2) is 0 Å². The lowest BCUT2D eigenvalue weighted by molar-refractivity contribution is -0.124. The largest absolute Gasteiger partial charge is 0.380 e. The molecule has 1 saturated carbocycles. The molecule has 1 aliphatic rings. The van der Waals surface area contributed by atoms with Gasteiger partial charge in [-0.3, -0.25) is 4.79 Å². The molecule has 1 amide bonds. The van der Waals surface area contributed by atoms with Crippen LogP contribution in [0.15, 0.2) is 0 Å². The number of halogens is 1. The van der Waals surface area contributed by atoms with Crippen molar-refractivity contribution in [3.05, 3.63) is 0 Å². The quantitative estimate of drug-likeness (QED) is 0.724. The van der Waals surface area contributed by atoms with Crippen LogP contribution in [0.5, 0.6) is 0 Å². The summed E-state index contributed by atoms with van der Waals surface area (Å²) in [6.07, 6.45) is 6.30. The first-order valence-electron chi connectivity index (χ1n) is 7.59. The Kier molecular flexibility index (Phi) is 10.2. The van der Waals surface area contributed by atoms with E-state index >= 15 is 0 Å². The lowest BCUT2D eigenvalue weighted by Crippen LogP contribution is -2.40. The Morgan fingerprint density at radius 3 is 2.65 bits per heavy atom. The van der Waals surface area contributed by atoms with Gasteiger partial charge in [-0.1, -0.05) is 26.7 Å². The molecule has 0 spiro atoms. The number of ether oxygens (including phenoxy) is 1. The molecule has 1 fully saturated rings. The Morgan fingerprint density at radius 1 is 1.40 bits per heavy atom. The van der Waals surface area contributed by atoms with Crippen LogP contribution in [0.2, 0.25) is 0 Å². The summed E-state index contributed by atoms with van der Waals surface area (Å²) in [6, 6.07) is 0.363. The van der Waals surface area contributed by atoms with Crippen molar-refractivity contribution < 1.29 is 9.53 Å². The Bertz CT molecular complexity index is 271. The maximum Gasteiger partial charge on any atom is 0.222 e. The van der Waals surface area contributed by atoms with E-state index in [9.17, 15) is 4.79 Å². The number of carbonyl (C=O) groups is 1. The number of nitrogens with two attached hydrogens (primary N) is 1. The molecular formula is C15H31ClN2O2. The van der Waals surface area contributed by atoms with Gasteiger partial charge in [0, 0.05) is 19.7 Å². The van der Waals surface area contributed by atoms with E-state index in [1.165, 1.54) is 25.7 Å². The zero-order valence-corrected chi connectivity index (χ0v) is 13.9. The molecule has 120 valence electrons. The van der Waals surface area contributed by atoms with Gasteiger partial charge in [0.15, 0.2) is 0 Å². The predicted octanol–water partition coefficient (Wildman–Crippen LogP) is 2.49. The summed E-state index contributed by atoms with van der Waals surface area (Å²) in [5.74, 6) is 1.48. The topological polar surface area (TPSA) is 64.3 Å². The summed E-state index contributed by atoms with van der Waals surface area (Å²) < 4.78 is 5.15. The number of nitrogens with one attached hydrogen (secondary N) is 1. The Morgan fingerprint density at radius 2 is 2.10 bits per heavy atom. The molecule has 0 aromatic heterocycles. The zero-order valence-electron chi connectivity index (χ0n) is 13.1. The minimum absolute atomic E-state index is 0. The minimum Gasteiger partial charge on any atom is -0.380 e. The van der Waals surface area contributed by atoms with Crippen LogP contribution >= 0.6 is 12.4 Å². The van der Waals surface area contributed by atoms with Crippen LogP contribution in [-0.4, -0.2) is 31.7 Å². The highest BCUT2D eigenvalue weighted by atomic mass is 35.5. The van der Waals surface area contributed by atoms with Crippen LogP contribution in [0.1, 0.15) is 52.4 Å². The third-order valence-electron chi connectivity index (χ3n) is 4.13. The van der Waals surface area contributed by atoms with Crippen molar-refractivity contribution in [3.63, 3.8) is 0 Å². The number of amides is 1. The zero-order chi connectivity index (χ0) is 14.3. The highest BCUT2D eigenvalue weighted by Crippen LogP contribution is 2.30. The Hall–Kier alpha value is -0.320. The van der Waals surface area contributed by atoms with Gasteiger partial charge in [-0.05, 0) is 31.1 Å². The molecule has 0 bridgehead atoms. The van der Waals surface area contributed by atoms with Gasteiger partial charge in [-0.15, -0.1) is 12.4 Å². The molecule has 3 unspecified atom stereocenters. The van der Waals surface area contributed by atoms with Gasteiger partial charge in [0.05, 0.1) is 12.5 Å². The molecular weight excluding hydrogens is 276 g/mol. The van der Waals surface area contributed by atoms with Gasteiger partial charge in [0.2, 0.25) is 5.91 Å². The molecule has 5 heteroatoms. The second-order valence-electron chi connectivity index (χ2n) is 6.13. The third kappa shape index (κ3) is 6.91. The van der Waals surface area contributed by atoms with Crippen LogP contribution in [0.25, 0.3) is 0 Å². The van der Waals surface area contributed by atoms with Gasteiger partial charge < -0.3 is 15.8 Å². The summed E-state index contributed by atoms with van der Waals surface area (Å²) in [4.78, 5) is 12.0. The van der Waals surface area contributed by atoms with Crippen molar-refractivity contribution in [2.24, 2.45) is 17.6 Å². The van der Waals surface area contributed by atoms with Crippen molar-refractivity contribution in [3.8, 4) is 0 Å². The van der Waals surface area contributed by atoms with Crippen LogP contribution < -0.4 is 11.1 Å². The van der Waals surface area contributed by atoms with Crippen LogP contribution in [0, 0.1) is 11.8 Å². The van der Waals surface area contributed by atoms with E-state index in [1.807, 2.05) is 0 Å². The van der Waals surface area contributed by atoms with E-state index in [-0.39, 0.29) is 24.4 Å². The molecule has 1 rings (SSSR count). The fourth-order valence-electron chi connectivity index (χ4n) is 2.86. The summed E-state index contributed by atoms with van der Waals surface area (Å²) >= 11 is 0. The lowest BCUT2D eigenvalue weighted by atomic mass is 9.93. The van der Waals surface area contributed by atoms with Gasteiger partial charge >= 0.3 is 0 Å². The van der Waals surface area contributed by atoms with E-state index in [0.717, 1.165) is 12.3 Å². The van der Waals surface area contributed by atoms with Crippen molar-refractivity contribution in [1.82, 2.24) is 5.32 Å². The molecule has 0 aromatic rings. The monoisotopic (exact) mass is 306 g/mol. The molecule has 0 aliphatic heterocycles. The molecule has 0 aromatic carbocycles. The van der Waals surface area contributed by atoms with Crippen LogP contribution in [-0.2, 0) is 9.53 Å². The lowest BCUT2D eigenvalue weighted by Gasteiger charge is -2.23. The van der Waals surface area contributed by atoms with Gasteiger partial charge in [0.25, 0.3) is 0 Å². The summed E-state index contributed by atoms with van der Waals surface area (Å²) in [6.45, 7) is 4.91. The maximum absolute atomic E-state index is 12.0. The molecule has 0 saturated heterocycles. The maximum atomic E-state index is 12.0. The SMILES string of the molecule is COC(CN)CC(=O)NC1CCCC1CCC(C)C.Cl. The number of methoxy groups -OCH3 is 1. The van der Waals surface area contributed by atoms with Crippen LogP contribution in [0.3, 0.4) is 0 Å². The van der Waals surface area contributed by atoms with Crippen molar-refractivity contribution >= 4 is 18.3 Å². The van der Waals surface area contributed by atoms with Crippen LogP contribution in [0.4, 0.5) is 0 Å². The van der Waals surface area contributed by atoms with Gasteiger partial charge in [-0.2, -0.15) is 0 Å². The second-order valence-corrected chi connectivity index (χ2v) is 6.13.